The Morgan fingerprint density at radius 2 is 1.75 bits per heavy atom. The molecule has 0 spiro atoms. The summed E-state index contributed by atoms with van der Waals surface area (Å²) >= 11 is 0. The van der Waals surface area contributed by atoms with E-state index in [4.69, 9.17) is 15.3 Å². The Bertz CT molecular complexity index is 51.2. The summed E-state index contributed by atoms with van der Waals surface area (Å²) in [7, 11) is 0. The third-order valence-corrected chi connectivity index (χ3v) is 0.789. The molecule has 0 radical (unpaired) electrons. The quantitative estimate of drug-likeness (QED) is 0.437. The number of aliphatic hydroxyl groups is 3. The van der Waals surface area contributed by atoms with Crippen LogP contribution in [0.1, 0.15) is 0 Å². The first-order chi connectivity index (χ1) is 3.72. The van der Waals surface area contributed by atoms with Gasteiger partial charge in [-0.3, -0.25) is 0 Å². The molecule has 0 aliphatic rings. The van der Waals surface area contributed by atoms with Gasteiger partial charge >= 0.3 is 0 Å². The summed E-state index contributed by atoms with van der Waals surface area (Å²) in [6.07, 6.45) is -2.79. The Morgan fingerprint density at radius 1 is 1.25 bits per heavy atom. The summed E-state index contributed by atoms with van der Waals surface area (Å²) in [4.78, 5) is 0. The molecule has 0 amide bonds. The van der Waals surface area contributed by atoms with E-state index in [9.17, 15) is 4.39 Å². The van der Waals surface area contributed by atoms with Crippen molar-refractivity contribution in [2.24, 2.45) is 0 Å². The summed E-state index contributed by atoms with van der Waals surface area (Å²) in [5.74, 6) is 0. The van der Waals surface area contributed by atoms with Crippen LogP contribution in [0.25, 0.3) is 0 Å². The molecule has 0 rings (SSSR count). The lowest BCUT2D eigenvalue weighted by molar-refractivity contribution is -0.0242. The van der Waals surface area contributed by atoms with E-state index >= 15 is 0 Å². The van der Waals surface area contributed by atoms with Crippen LogP contribution in [0.5, 0.6) is 0 Å². The topological polar surface area (TPSA) is 60.7 Å². The van der Waals surface area contributed by atoms with Gasteiger partial charge in [-0.1, -0.05) is 0 Å². The van der Waals surface area contributed by atoms with Crippen molar-refractivity contribution in [2.45, 2.75) is 12.2 Å². The second-order valence-electron chi connectivity index (χ2n) is 1.47. The normalized spacial score (nSPS) is 18.0. The number of halogens is 1. The predicted molar refractivity (Wildman–Crippen MR) is 25.1 cm³/mol. The molecule has 0 aromatic heterocycles. The first-order valence-corrected chi connectivity index (χ1v) is 2.25. The zero-order valence-corrected chi connectivity index (χ0v) is 4.29. The minimum atomic E-state index is -1.44. The molecule has 0 saturated carbocycles. The van der Waals surface area contributed by atoms with Crippen molar-refractivity contribution in [3.8, 4) is 0 Å². The summed E-state index contributed by atoms with van der Waals surface area (Å²) < 4.78 is 11.3. The van der Waals surface area contributed by atoms with Gasteiger partial charge in [0.15, 0.2) is 0 Å². The Balaban J connectivity index is 3.29. The Morgan fingerprint density at radius 3 is 1.88 bits per heavy atom. The van der Waals surface area contributed by atoms with Gasteiger partial charge in [-0.2, -0.15) is 0 Å². The first kappa shape index (κ1) is 7.81. The van der Waals surface area contributed by atoms with Crippen LogP contribution in [0.4, 0.5) is 4.39 Å². The third kappa shape index (κ3) is 2.20. The highest BCUT2D eigenvalue weighted by Gasteiger charge is 2.13. The Kier molecular flexibility index (Phi) is 3.68. The van der Waals surface area contributed by atoms with E-state index < -0.39 is 25.5 Å². The molecular weight excluding hydrogens is 115 g/mol. The SMILES string of the molecule is OCC(O)C(O)CF. The van der Waals surface area contributed by atoms with Gasteiger partial charge in [0, 0.05) is 0 Å². The molecule has 0 aliphatic heterocycles. The molecule has 4 heteroatoms. The van der Waals surface area contributed by atoms with Gasteiger partial charge in [-0.25, -0.2) is 4.39 Å². The van der Waals surface area contributed by atoms with Crippen molar-refractivity contribution in [3.63, 3.8) is 0 Å². The van der Waals surface area contributed by atoms with E-state index in [0.29, 0.717) is 0 Å². The van der Waals surface area contributed by atoms with Gasteiger partial charge in [-0.15, -0.1) is 0 Å². The van der Waals surface area contributed by atoms with E-state index in [1.807, 2.05) is 0 Å². The van der Waals surface area contributed by atoms with Crippen molar-refractivity contribution < 1.29 is 19.7 Å². The number of hydrogen-bond acceptors (Lipinski definition) is 3. The number of aliphatic hydroxyl groups excluding tert-OH is 3. The van der Waals surface area contributed by atoms with Crippen molar-refractivity contribution in [1.29, 1.82) is 0 Å². The summed E-state index contributed by atoms with van der Waals surface area (Å²) in [6, 6.07) is 0. The van der Waals surface area contributed by atoms with Crippen molar-refractivity contribution in [1.82, 2.24) is 0 Å². The summed E-state index contributed by atoms with van der Waals surface area (Å²) in [6.45, 7) is -1.63. The zero-order valence-electron chi connectivity index (χ0n) is 4.29. The highest BCUT2D eigenvalue weighted by Crippen LogP contribution is 1.91. The van der Waals surface area contributed by atoms with Gasteiger partial charge in [-0.05, 0) is 0 Å². The van der Waals surface area contributed by atoms with Crippen LogP contribution < -0.4 is 0 Å². The average Bonchev–Trinajstić information content (AvgIpc) is 1.84. The monoisotopic (exact) mass is 124 g/mol. The van der Waals surface area contributed by atoms with E-state index in [1.54, 1.807) is 0 Å². The van der Waals surface area contributed by atoms with Gasteiger partial charge in [0.2, 0.25) is 0 Å². The molecule has 2 atom stereocenters. The van der Waals surface area contributed by atoms with E-state index in [2.05, 4.69) is 0 Å². The lowest BCUT2D eigenvalue weighted by Crippen LogP contribution is -2.30. The second kappa shape index (κ2) is 3.77. The van der Waals surface area contributed by atoms with Crippen molar-refractivity contribution >= 4 is 0 Å². The van der Waals surface area contributed by atoms with Crippen LogP contribution in [0.15, 0.2) is 0 Å². The van der Waals surface area contributed by atoms with Gasteiger partial charge in [0.25, 0.3) is 0 Å². The molecule has 0 saturated heterocycles. The molecule has 3 nitrogen and oxygen atoms in total. The fourth-order valence-electron chi connectivity index (χ4n) is 0.225. The highest BCUT2D eigenvalue weighted by atomic mass is 19.1. The van der Waals surface area contributed by atoms with Crippen LogP contribution in [-0.4, -0.2) is 40.8 Å². The van der Waals surface area contributed by atoms with E-state index in [1.165, 1.54) is 0 Å². The summed E-state index contributed by atoms with van der Waals surface area (Å²) in [5, 5.41) is 24.8. The molecule has 0 aromatic carbocycles. The van der Waals surface area contributed by atoms with Crippen LogP contribution >= 0.6 is 0 Å². The smallest absolute Gasteiger partial charge is 0.118 e. The summed E-state index contributed by atoms with van der Waals surface area (Å²) in [5.41, 5.74) is 0. The maximum absolute atomic E-state index is 11.3. The molecule has 0 heterocycles. The minimum absolute atomic E-state index is 0.606. The molecule has 50 valence electrons. The second-order valence-corrected chi connectivity index (χ2v) is 1.47. The number of hydrogen-bond donors (Lipinski definition) is 3. The van der Waals surface area contributed by atoms with Gasteiger partial charge in [0.05, 0.1) is 6.61 Å². The Hall–Kier alpha value is -0.190. The fraction of sp³-hybridized carbons (Fsp3) is 1.00. The lowest BCUT2D eigenvalue weighted by atomic mass is 10.2. The molecule has 8 heavy (non-hydrogen) atoms. The molecular formula is C4H9FO3. The van der Waals surface area contributed by atoms with Crippen LogP contribution in [0.2, 0.25) is 0 Å². The van der Waals surface area contributed by atoms with Crippen LogP contribution in [0.3, 0.4) is 0 Å². The largest absolute Gasteiger partial charge is 0.394 e. The molecule has 3 N–H and O–H groups in total. The molecule has 0 aromatic rings. The molecule has 2 unspecified atom stereocenters. The zero-order chi connectivity index (χ0) is 6.57. The fourth-order valence-corrected chi connectivity index (χ4v) is 0.225. The predicted octanol–water partition coefficient (Wildman–Crippen LogP) is -1.33. The van der Waals surface area contributed by atoms with Gasteiger partial charge in [0.1, 0.15) is 18.9 Å². The van der Waals surface area contributed by atoms with Crippen molar-refractivity contribution in [2.75, 3.05) is 13.3 Å². The first-order valence-electron chi connectivity index (χ1n) is 2.25. The van der Waals surface area contributed by atoms with Crippen LogP contribution in [0, 0.1) is 0 Å². The molecule has 0 aliphatic carbocycles. The average molecular weight is 124 g/mol. The Labute approximate surface area is 46.4 Å². The van der Waals surface area contributed by atoms with E-state index in [-0.39, 0.29) is 0 Å². The minimum Gasteiger partial charge on any atom is -0.394 e. The van der Waals surface area contributed by atoms with Crippen LogP contribution in [-0.2, 0) is 0 Å². The van der Waals surface area contributed by atoms with Crippen molar-refractivity contribution in [3.05, 3.63) is 0 Å². The van der Waals surface area contributed by atoms with E-state index in [0.717, 1.165) is 0 Å². The standard InChI is InChI=1S/C4H9FO3/c5-1-3(7)4(8)2-6/h3-4,6-8H,1-2H2. The molecule has 0 fully saturated rings. The third-order valence-electron chi connectivity index (χ3n) is 0.789. The maximum Gasteiger partial charge on any atom is 0.118 e. The lowest BCUT2D eigenvalue weighted by Gasteiger charge is -2.09. The molecule has 0 bridgehead atoms. The number of alkyl halides is 1. The highest BCUT2D eigenvalue weighted by molar-refractivity contribution is 4.62. The maximum atomic E-state index is 11.3. The van der Waals surface area contributed by atoms with Gasteiger partial charge < -0.3 is 15.3 Å². The number of rotatable bonds is 3.